The van der Waals surface area contributed by atoms with Crippen molar-refractivity contribution in [3.8, 4) is 0 Å². The molecule has 0 saturated heterocycles. The van der Waals surface area contributed by atoms with Crippen molar-refractivity contribution in [3.05, 3.63) is 0 Å². The van der Waals surface area contributed by atoms with Crippen molar-refractivity contribution in [2.24, 2.45) is 23.7 Å². The highest BCUT2D eigenvalue weighted by molar-refractivity contribution is 4.75. The first-order chi connectivity index (χ1) is 10.2. The first-order valence-corrected chi connectivity index (χ1v) is 10.2. The zero-order chi connectivity index (χ0) is 15.5. The van der Waals surface area contributed by atoms with Crippen molar-refractivity contribution in [1.82, 2.24) is 0 Å². The minimum atomic E-state index is 1.01. The summed E-state index contributed by atoms with van der Waals surface area (Å²) in [4.78, 5) is 0. The van der Waals surface area contributed by atoms with Crippen LogP contribution < -0.4 is 0 Å². The van der Waals surface area contributed by atoms with Gasteiger partial charge in [-0.25, -0.2) is 0 Å². The summed E-state index contributed by atoms with van der Waals surface area (Å²) in [6, 6.07) is 0. The van der Waals surface area contributed by atoms with Crippen LogP contribution in [-0.2, 0) is 0 Å². The number of rotatable bonds is 5. The molecule has 2 aliphatic carbocycles. The summed E-state index contributed by atoms with van der Waals surface area (Å²) in [7, 11) is 0. The Morgan fingerprint density at radius 3 is 1.76 bits per heavy atom. The maximum absolute atomic E-state index is 2.42. The summed E-state index contributed by atoms with van der Waals surface area (Å²) in [5.41, 5.74) is 0. The fourth-order valence-corrected chi connectivity index (χ4v) is 4.30. The van der Waals surface area contributed by atoms with E-state index < -0.39 is 0 Å². The highest BCUT2D eigenvalue weighted by Crippen LogP contribution is 2.36. The van der Waals surface area contributed by atoms with Crippen molar-refractivity contribution in [2.45, 2.75) is 111 Å². The van der Waals surface area contributed by atoms with Crippen molar-refractivity contribution in [1.29, 1.82) is 0 Å². The van der Waals surface area contributed by atoms with Crippen LogP contribution >= 0.6 is 0 Å². The molecule has 1 atom stereocenters. The van der Waals surface area contributed by atoms with Gasteiger partial charge in [0, 0.05) is 0 Å². The van der Waals surface area contributed by atoms with E-state index in [1.165, 1.54) is 83.5 Å². The molecule has 2 fully saturated rings. The van der Waals surface area contributed by atoms with Crippen LogP contribution in [0.25, 0.3) is 0 Å². The maximum atomic E-state index is 2.42. The van der Waals surface area contributed by atoms with E-state index in [0.717, 1.165) is 23.7 Å². The summed E-state index contributed by atoms with van der Waals surface area (Å²) < 4.78 is 0. The standard InChI is InChI=1S/C14H28.C7H14/c1-4-6-7-13(5-2)14-10-8-12(3)9-11-14;1-7-5-3-2-4-6-7/h12-14H,4-11H2,1-3H3;7H,2-6H2,1H3. The monoisotopic (exact) mass is 294 g/mol. The molecule has 0 aliphatic heterocycles. The van der Waals surface area contributed by atoms with Gasteiger partial charge in [0.1, 0.15) is 0 Å². The molecule has 0 heteroatoms. The Kier molecular flexibility index (Phi) is 10.5. The van der Waals surface area contributed by atoms with Gasteiger partial charge in [-0.1, -0.05) is 98.3 Å². The molecular formula is C21H42. The summed E-state index contributed by atoms with van der Waals surface area (Å²) in [5, 5.41) is 0. The molecule has 0 aromatic carbocycles. The fourth-order valence-electron chi connectivity index (χ4n) is 4.30. The average Bonchev–Trinajstić information content (AvgIpc) is 2.51. The molecule has 2 rings (SSSR count). The minimum absolute atomic E-state index is 1.01. The van der Waals surface area contributed by atoms with Gasteiger partial charge in [0.2, 0.25) is 0 Å². The van der Waals surface area contributed by atoms with Crippen molar-refractivity contribution < 1.29 is 0 Å². The summed E-state index contributed by atoms with van der Waals surface area (Å²) in [5.74, 6) is 4.16. The second kappa shape index (κ2) is 11.6. The molecule has 2 saturated carbocycles. The smallest absolute Gasteiger partial charge is 0.0386 e. The minimum Gasteiger partial charge on any atom is -0.0654 e. The molecule has 21 heavy (non-hydrogen) atoms. The molecule has 0 aromatic heterocycles. The number of unbranched alkanes of at least 4 members (excludes halogenated alkanes) is 1. The van der Waals surface area contributed by atoms with Gasteiger partial charge in [0.05, 0.1) is 0 Å². The van der Waals surface area contributed by atoms with Crippen LogP contribution in [-0.4, -0.2) is 0 Å². The normalized spacial score (nSPS) is 28.6. The second-order valence-electron chi connectivity index (χ2n) is 8.07. The van der Waals surface area contributed by atoms with E-state index in [4.69, 9.17) is 0 Å². The predicted molar refractivity (Wildman–Crippen MR) is 96.7 cm³/mol. The van der Waals surface area contributed by atoms with Gasteiger partial charge in [-0.05, 0) is 36.5 Å². The van der Waals surface area contributed by atoms with E-state index in [1.54, 1.807) is 0 Å². The van der Waals surface area contributed by atoms with Crippen LogP contribution in [0.3, 0.4) is 0 Å². The quantitative estimate of drug-likeness (QED) is 0.489. The molecule has 126 valence electrons. The Hall–Kier alpha value is 0. The van der Waals surface area contributed by atoms with Crippen LogP contribution in [0.4, 0.5) is 0 Å². The lowest BCUT2D eigenvalue weighted by atomic mass is 9.74. The van der Waals surface area contributed by atoms with Crippen molar-refractivity contribution >= 4 is 0 Å². The van der Waals surface area contributed by atoms with Gasteiger partial charge < -0.3 is 0 Å². The largest absolute Gasteiger partial charge is 0.0654 e. The zero-order valence-electron chi connectivity index (χ0n) is 15.5. The molecular weight excluding hydrogens is 252 g/mol. The molecule has 0 amide bonds. The van der Waals surface area contributed by atoms with Crippen LogP contribution in [0.5, 0.6) is 0 Å². The van der Waals surface area contributed by atoms with Crippen LogP contribution in [0.1, 0.15) is 111 Å². The maximum Gasteiger partial charge on any atom is -0.0386 e. The summed E-state index contributed by atoms with van der Waals surface area (Å²) in [6.07, 6.45) is 19.2. The topological polar surface area (TPSA) is 0 Å². The van der Waals surface area contributed by atoms with Gasteiger partial charge in [0.15, 0.2) is 0 Å². The van der Waals surface area contributed by atoms with Gasteiger partial charge in [-0.2, -0.15) is 0 Å². The molecule has 1 unspecified atom stereocenters. The Balaban J connectivity index is 0.000000262. The van der Waals surface area contributed by atoms with E-state index in [2.05, 4.69) is 27.7 Å². The molecule has 2 aliphatic rings. The lowest BCUT2D eigenvalue weighted by Crippen LogP contribution is -2.20. The number of hydrogen-bond donors (Lipinski definition) is 0. The van der Waals surface area contributed by atoms with Gasteiger partial charge in [-0.3, -0.25) is 0 Å². The van der Waals surface area contributed by atoms with E-state index in [9.17, 15) is 0 Å². The lowest BCUT2D eigenvalue weighted by Gasteiger charge is -2.32. The van der Waals surface area contributed by atoms with Crippen LogP contribution in [0.2, 0.25) is 0 Å². The highest BCUT2D eigenvalue weighted by atomic mass is 14.3. The third kappa shape index (κ3) is 8.27. The fraction of sp³-hybridized carbons (Fsp3) is 1.00. The Bertz CT molecular complexity index is 215. The Morgan fingerprint density at radius 1 is 0.762 bits per heavy atom. The molecule has 0 radical (unpaired) electrons. The summed E-state index contributed by atoms with van der Waals surface area (Å²) in [6.45, 7) is 9.48. The van der Waals surface area contributed by atoms with Crippen molar-refractivity contribution in [2.75, 3.05) is 0 Å². The molecule has 0 bridgehead atoms. The Morgan fingerprint density at radius 2 is 1.33 bits per heavy atom. The zero-order valence-corrected chi connectivity index (χ0v) is 15.5. The van der Waals surface area contributed by atoms with Gasteiger partial charge in [0.25, 0.3) is 0 Å². The third-order valence-corrected chi connectivity index (χ3v) is 6.07. The summed E-state index contributed by atoms with van der Waals surface area (Å²) >= 11 is 0. The lowest BCUT2D eigenvalue weighted by molar-refractivity contribution is 0.196. The Labute approximate surface area is 135 Å². The van der Waals surface area contributed by atoms with E-state index in [1.807, 2.05) is 0 Å². The third-order valence-electron chi connectivity index (χ3n) is 6.07. The first kappa shape index (κ1) is 19.0. The van der Waals surface area contributed by atoms with Gasteiger partial charge in [-0.15, -0.1) is 0 Å². The molecule has 0 aromatic rings. The second-order valence-corrected chi connectivity index (χ2v) is 8.07. The number of hydrogen-bond acceptors (Lipinski definition) is 0. The van der Waals surface area contributed by atoms with Gasteiger partial charge >= 0.3 is 0 Å². The highest BCUT2D eigenvalue weighted by Gasteiger charge is 2.24. The van der Waals surface area contributed by atoms with E-state index in [-0.39, 0.29) is 0 Å². The molecule has 0 N–H and O–H groups in total. The molecule has 0 heterocycles. The predicted octanol–water partition coefficient (Wildman–Crippen LogP) is 7.62. The molecule has 0 nitrogen and oxygen atoms in total. The van der Waals surface area contributed by atoms with E-state index >= 15 is 0 Å². The van der Waals surface area contributed by atoms with E-state index in [0.29, 0.717) is 0 Å². The van der Waals surface area contributed by atoms with Crippen LogP contribution in [0.15, 0.2) is 0 Å². The first-order valence-electron chi connectivity index (χ1n) is 10.2. The molecule has 0 spiro atoms. The van der Waals surface area contributed by atoms with Crippen LogP contribution in [0, 0.1) is 23.7 Å². The average molecular weight is 295 g/mol. The van der Waals surface area contributed by atoms with Crippen molar-refractivity contribution in [3.63, 3.8) is 0 Å². The SMILES string of the molecule is CC1CCCCC1.CCCCC(CC)C1CCC(C)CC1.